The number of hydrogen-bond donors (Lipinski definition) is 2. The Morgan fingerprint density at radius 3 is 3.10 bits per heavy atom. The van der Waals surface area contributed by atoms with Crippen molar-refractivity contribution in [3.63, 3.8) is 0 Å². The highest BCUT2D eigenvalue weighted by Crippen LogP contribution is 2.19. The first-order valence-electron chi connectivity index (χ1n) is 3.26. The average Bonchev–Trinajstić information content (AvgIpc) is 1.94. The van der Waals surface area contributed by atoms with Crippen LogP contribution >= 0.6 is 11.8 Å². The summed E-state index contributed by atoms with van der Waals surface area (Å²) in [6, 6.07) is 0. The summed E-state index contributed by atoms with van der Waals surface area (Å²) in [7, 11) is 0. The molecule has 2 N–H and O–H groups in total. The Hall–Kier alpha value is -0.410. The van der Waals surface area contributed by atoms with Gasteiger partial charge in [-0.25, -0.2) is 0 Å². The van der Waals surface area contributed by atoms with Crippen LogP contribution in [0.4, 0.5) is 0 Å². The molecule has 56 valence electrons. The SMILES string of the molecule is C=CSC1=C(C)NCNC1. The lowest BCUT2D eigenvalue weighted by atomic mass is 10.4. The van der Waals surface area contributed by atoms with Crippen LogP contribution in [0, 0.1) is 0 Å². The van der Waals surface area contributed by atoms with Gasteiger partial charge in [0.15, 0.2) is 0 Å². The molecule has 0 saturated heterocycles. The van der Waals surface area contributed by atoms with Gasteiger partial charge in [0.05, 0.1) is 6.67 Å². The predicted molar refractivity (Wildman–Crippen MR) is 46.5 cm³/mol. The minimum atomic E-state index is 0.882. The second kappa shape index (κ2) is 3.68. The van der Waals surface area contributed by atoms with Gasteiger partial charge in [-0.3, -0.25) is 5.32 Å². The van der Waals surface area contributed by atoms with Gasteiger partial charge in [0, 0.05) is 17.1 Å². The number of allylic oxidation sites excluding steroid dienone is 1. The van der Waals surface area contributed by atoms with E-state index in [4.69, 9.17) is 0 Å². The quantitative estimate of drug-likeness (QED) is 0.629. The van der Waals surface area contributed by atoms with Gasteiger partial charge in [-0.05, 0) is 12.3 Å². The molecule has 1 heterocycles. The van der Waals surface area contributed by atoms with Crippen LogP contribution in [0.1, 0.15) is 6.92 Å². The van der Waals surface area contributed by atoms with Crippen molar-refractivity contribution in [2.24, 2.45) is 0 Å². The maximum Gasteiger partial charge on any atom is 0.0653 e. The van der Waals surface area contributed by atoms with Crippen LogP contribution in [0.2, 0.25) is 0 Å². The van der Waals surface area contributed by atoms with E-state index in [1.807, 2.05) is 5.41 Å². The minimum absolute atomic E-state index is 0.882. The molecule has 1 rings (SSSR count). The lowest BCUT2D eigenvalue weighted by molar-refractivity contribution is 0.633. The molecule has 0 aromatic heterocycles. The van der Waals surface area contributed by atoms with E-state index < -0.39 is 0 Å². The number of thioether (sulfide) groups is 1. The van der Waals surface area contributed by atoms with Crippen LogP contribution in [-0.2, 0) is 0 Å². The molecule has 10 heavy (non-hydrogen) atoms. The van der Waals surface area contributed by atoms with E-state index in [1.165, 1.54) is 10.6 Å². The van der Waals surface area contributed by atoms with E-state index in [0.29, 0.717) is 0 Å². The van der Waals surface area contributed by atoms with Crippen molar-refractivity contribution < 1.29 is 0 Å². The molecule has 1 aliphatic rings. The van der Waals surface area contributed by atoms with Gasteiger partial charge in [-0.15, -0.1) is 0 Å². The van der Waals surface area contributed by atoms with Gasteiger partial charge in [0.25, 0.3) is 0 Å². The molecule has 0 atom stereocenters. The van der Waals surface area contributed by atoms with Gasteiger partial charge in [-0.2, -0.15) is 0 Å². The molecule has 0 fully saturated rings. The Morgan fingerprint density at radius 1 is 1.70 bits per heavy atom. The second-order valence-electron chi connectivity index (χ2n) is 2.11. The molecule has 0 aromatic carbocycles. The van der Waals surface area contributed by atoms with Crippen molar-refractivity contribution in [3.8, 4) is 0 Å². The van der Waals surface area contributed by atoms with E-state index >= 15 is 0 Å². The third-order valence-corrected chi connectivity index (χ3v) is 2.31. The molecule has 0 aliphatic carbocycles. The highest BCUT2D eigenvalue weighted by atomic mass is 32.2. The predicted octanol–water partition coefficient (Wildman–Crippen LogP) is 1.24. The molecule has 0 radical (unpaired) electrons. The third kappa shape index (κ3) is 1.78. The van der Waals surface area contributed by atoms with Crippen LogP contribution in [0.25, 0.3) is 0 Å². The molecule has 0 spiro atoms. The first-order valence-corrected chi connectivity index (χ1v) is 4.14. The Bertz CT molecular complexity index is 163. The van der Waals surface area contributed by atoms with Crippen LogP contribution in [-0.4, -0.2) is 13.2 Å². The Balaban J connectivity index is 2.58. The van der Waals surface area contributed by atoms with Gasteiger partial charge in [-0.1, -0.05) is 18.3 Å². The largest absolute Gasteiger partial charge is 0.375 e. The van der Waals surface area contributed by atoms with E-state index in [0.717, 1.165) is 13.2 Å². The van der Waals surface area contributed by atoms with Gasteiger partial charge < -0.3 is 5.32 Å². The topological polar surface area (TPSA) is 24.1 Å². The smallest absolute Gasteiger partial charge is 0.0653 e. The number of hydrogen-bond acceptors (Lipinski definition) is 3. The summed E-state index contributed by atoms with van der Waals surface area (Å²) < 4.78 is 0. The van der Waals surface area contributed by atoms with Crippen molar-refractivity contribution in [1.29, 1.82) is 0 Å². The molecular weight excluding hydrogens is 144 g/mol. The molecule has 0 amide bonds. The maximum absolute atomic E-state index is 3.66. The summed E-state index contributed by atoms with van der Waals surface area (Å²) >= 11 is 1.68. The maximum atomic E-state index is 3.66. The van der Waals surface area contributed by atoms with Crippen LogP contribution in [0.3, 0.4) is 0 Å². The summed E-state index contributed by atoms with van der Waals surface area (Å²) in [5.74, 6) is 0. The summed E-state index contributed by atoms with van der Waals surface area (Å²) in [6.07, 6.45) is 0. The molecule has 0 saturated carbocycles. The standard InChI is InChI=1S/C7H12N2S/c1-3-10-7-4-8-5-9-6(7)2/h3,8-9H,1,4-5H2,2H3. The summed E-state index contributed by atoms with van der Waals surface area (Å²) in [5.41, 5.74) is 1.27. The zero-order valence-corrected chi connectivity index (χ0v) is 6.92. The second-order valence-corrected chi connectivity index (χ2v) is 3.17. The van der Waals surface area contributed by atoms with Crippen LogP contribution < -0.4 is 10.6 Å². The fourth-order valence-electron chi connectivity index (χ4n) is 0.833. The van der Waals surface area contributed by atoms with E-state index in [-0.39, 0.29) is 0 Å². The zero-order chi connectivity index (χ0) is 7.40. The van der Waals surface area contributed by atoms with Crippen molar-refractivity contribution in [2.75, 3.05) is 13.2 Å². The van der Waals surface area contributed by atoms with E-state index in [9.17, 15) is 0 Å². The molecule has 0 unspecified atom stereocenters. The monoisotopic (exact) mass is 156 g/mol. The fraction of sp³-hybridized carbons (Fsp3) is 0.429. The normalized spacial score (nSPS) is 18.5. The summed E-state index contributed by atoms with van der Waals surface area (Å²) in [5, 5.41) is 8.28. The molecule has 3 heteroatoms. The number of nitrogens with one attached hydrogen (secondary N) is 2. The van der Waals surface area contributed by atoms with Crippen LogP contribution in [0.15, 0.2) is 22.6 Å². The van der Waals surface area contributed by atoms with E-state index in [1.54, 1.807) is 11.8 Å². The van der Waals surface area contributed by atoms with Gasteiger partial charge >= 0.3 is 0 Å². The average molecular weight is 156 g/mol. The first kappa shape index (κ1) is 7.69. The molecular formula is C7H12N2S. The van der Waals surface area contributed by atoms with Gasteiger partial charge in [0.1, 0.15) is 0 Å². The lowest BCUT2D eigenvalue weighted by Crippen LogP contribution is -2.34. The fourth-order valence-corrected chi connectivity index (χ4v) is 1.47. The lowest BCUT2D eigenvalue weighted by Gasteiger charge is -2.18. The van der Waals surface area contributed by atoms with Crippen LogP contribution in [0.5, 0.6) is 0 Å². The molecule has 1 aliphatic heterocycles. The van der Waals surface area contributed by atoms with Crippen molar-refractivity contribution in [2.45, 2.75) is 6.92 Å². The molecule has 0 aromatic rings. The minimum Gasteiger partial charge on any atom is -0.375 e. The van der Waals surface area contributed by atoms with Crippen molar-refractivity contribution >= 4 is 11.8 Å². The van der Waals surface area contributed by atoms with E-state index in [2.05, 4.69) is 24.1 Å². The third-order valence-electron chi connectivity index (χ3n) is 1.41. The summed E-state index contributed by atoms with van der Waals surface area (Å²) in [6.45, 7) is 7.60. The Labute approximate surface area is 65.8 Å². The van der Waals surface area contributed by atoms with Crippen molar-refractivity contribution in [3.05, 3.63) is 22.6 Å². The number of rotatable bonds is 2. The molecule has 2 nitrogen and oxygen atoms in total. The van der Waals surface area contributed by atoms with Gasteiger partial charge in [0.2, 0.25) is 0 Å². The first-order chi connectivity index (χ1) is 4.84. The zero-order valence-electron chi connectivity index (χ0n) is 6.11. The Kier molecular flexibility index (Phi) is 2.83. The Morgan fingerprint density at radius 2 is 2.50 bits per heavy atom. The van der Waals surface area contributed by atoms with Crippen molar-refractivity contribution in [1.82, 2.24) is 10.6 Å². The highest BCUT2D eigenvalue weighted by molar-refractivity contribution is 8.05. The molecule has 0 bridgehead atoms. The highest BCUT2D eigenvalue weighted by Gasteiger charge is 2.05. The summed E-state index contributed by atoms with van der Waals surface area (Å²) in [4.78, 5) is 1.33.